The third-order valence-corrected chi connectivity index (χ3v) is 4.57. The van der Waals surface area contributed by atoms with Crippen LogP contribution in [0.2, 0.25) is 0 Å². The van der Waals surface area contributed by atoms with Crippen LogP contribution in [0.5, 0.6) is 5.75 Å². The van der Waals surface area contributed by atoms with Crippen LogP contribution in [-0.4, -0.2) is 66.1 Å². The Kier molecular flexibility index (Phi) is 6.61. The van der Waals surface area contributed by atoms with Crippen LogP contribution < -0.4 is 4.74 Å². The molecule has 0 radical (unpaired) electrons. The number of hydrogen-bond acceptors (Lipinski definition) is 4. The summed E-state index contributed by atoms with van der Waals surface area (Å²) < 4.78 is 5.19. The second-order valence-corrected chi connectivity index (χ2v) is 6.10. The van der Waals surface area contributed by atoms with Gasteiger partial charge in [-0.1, -0.05) is 19.1 Å². The van der Waals surface area contributed by atoms with E-state index in [1.165, 1.54) is 0 Å². The Labute approximate surface area is 143 Å². The molecule has 0 unspecified atom stereocenters. The average Bonchev–Trinajstić information content (AvgIpc) is 2.59. The van der Waals surface area contributed by atoms with Crippen molar-refractivity contribution in [2.45, 2.75) is 32.2 Å². The number of carbonyl (C=O) groups excluding carboxylic acids is 1. The molecule has 1 aliphatic rings. The highest BCUT2D eigenvalue weighted by molar-refractivity contribution is 5.79. The molecule has 1 aromatic rings. The van der Waals surface area contributed by atoms with Crippen molar-refractivity contribution >= 4 is 11.9 Å². The lowest BCUT2D eigenvalue weighted by Gasteiger charge is -2.37. The summed E-state index contributed by atoms with van der Waals surface area (Å²) in [6.07, 6.45) is 2.02. The van der Waals surface area contributed by atoms with Crippen molar-refractivity contribution in [3.8, 4) is 5.75 Å². The lowest BCUT2D eigenvalue weighted by molar-refractivity contribution is -0.140. The van der Waals surface area contributed by atoms with E-state index in [0.29, 0.717) is 26.1 Å². The molecule has 6 heteroatoms. The number of benzene rings is 1. The first-order valence-corrected chi connectivity index (χ1v) is 8.40. The van der Waals surface area contributed by atoms with E-state index in [0.717, 1.165) is 24.2 Å². The zero-order valence-corrected chi connectivity index (χ0v) is 14.4. The SMILES string of the molecule is CCN(CC(=O)O)C1CCN(C(=O)Cc2cccc(OC)c2)CC1. The molecular formula is C18H26N2O4. The second kappa shape index (κ2) is 8.68. The number of carbonyl (C=O) groups is 2. The predicted octanol–water partition coefficient (Wildman–Crippen LogP) is 1.64. The zero-order chi connectivity index (χ0) is 17.5. The van der Waals surface area contributed by atoms with Crippen LogP contribution in [0.3, 0.4) is 0 Å². The van der Waals surface area contributed by atoms with Gasteiger partial charge < -0.3 is 14.7 Å². The van der Waals surface area contributed by atoms with Crippen LogP contribution >= 0.6 is 0 Å². The van der Waals surface area contributed by atoms with E-state index in [-0.39, 0.29) is 18.5 Å². The summed E-state index contributed by atoms with van der Waals surface area (Å²) >= 11 is 0. The lowest BCUT2D eigenvalue weighted by atomic mass is 10.0. The molecule has 0 aromatic heterocycles. The summed E-state index contributed by atoms with van der Waals surface area (Å²) in [4.78, 5) is 27.2. The van der Waals surface area contributed by atoms with Crippen molar-refractivity contribution in [1.29, 1.82) is 0 Å². The first kappa shape index (κ1) is 18.3. The normalized spacial score (nSPS) is 15.5. The third-order valence-electron chi connectivity index (χ3n) is 4.57. The summed E-state index contributed by atoms with van der Waals surface area (Å²) in [5, 5.41) is 8.98. The van der Waals surface area contributed by atoms with Gasteiger partial charge in [-0.25, -0.2) is 0 Å². The topological polar surface area (TPSA) is 70.1 Å². The van der Waals surface area contributed by atoms with Gasteiger partial charge in [-0.15, -0.1) is 0 Å². The van der Waals surface area contributed by atoms with Crippen LogP contribution in [0.25, 0.3) is 0 Å². The van der Waals surface area contributed by atoms with Gasteiger partial charge in [0.15, 0.2) is 0 Å². The molecule has 1 heterocycles. The molecule has 1 fully saturated rings. The van der Waals surface area contributed by atoms with Gasteiger partial charge >= 0.3 is 5.97 Å². The molecule has 2 rings (SSSR count). The number of methoxy groups -OCH3 is 1. The number of rotatable bonds is 7. The number of likely N-dealkylation sites (tertiary alicyclic amines) is 1. The van der Waals surface area contributed by atoms with Crippen LogP contribution in [-0.2, 0) is 16.0 Å². The number of hydrogen-bond donors (Lipinski definition) is 1. The van der Waals surface area contributed by atoms with E-state index in [2.05, 4.69) is 0 Å². The van der Waals surface area contributed by atoms with Gasteiger partial charge in [0.2, 0.25) is 5.91 Å². The summed E-state index contributed by atoms with van der Waals surface area (Å²) in [7, 11) is 1.61. The Morgan fingerprint density at radius 1 is 1.33 bits per heavy atom. The van der Waals surface area contributed by atoms with Gasteiger partial charge in [-0.2, -0.15) is 0 Å². The molecule has 1 N–H and O–H groups in total. The average molecular weight is 334 g/mol. The molecule has 132 valence electrons. The van der Waals surface area contributed by atoms with Crippen LogP contribution in [0.4, 0.5) is 0 Å². The molecular weight excluding hydrogens is 308 g/mol. The van der Waals surface area contributed by atoms with Gasteiger partial charge in [0.25, 0.3) is 0 Å². The Balaban J connectivity index is 1.86. The molecule has 6 nitrogen and oxygen atoms in total. The fourth-order valence-corrected chi connectivity index (χ4v) is 3.22. The highest BCUT2D eigenvalue weighted by Gasteiger charge is 2.27. The van der Waals surface area contributed by atoms with Crippen molar-refractivity contribution in [3.63, 3.8) is 0 Å². The minimum Gasteiger partial charge on any atom is -0.497 e. The first-order chi connectivity index (χ1) is 11.5. The van der Waals surface area contributed by atoms with Gasteiger partial charge in [0.1, 0.15) is 5.75 Å². The maximum atomic E-state index is 12.5. The molecule has 1 aromatic carbocycles. The molecule has 0 saturated carbocycles. The molecule has 1 saturated heterocycles. The molecule has 0 aliphatic carbocycles. The Morgan fingerprint density at radius 2 is 2.04 bits per heavy atom. The summed E-state index contributed by atoms with van der Waals surface area (Å²) in [6, 6.07) is 7.81. The first-order valence-electron chi connectivity index (χ1n) is 8.40. The predicted molar refractivity (Wildman–Crippen MR) is 91.2 cm³/mol. The quantitative estimate of drug-likeness (QED) is 0.821. The van der Waals surface area contributed by atoms with Gasteiger partial charge in [0, 0.05) is 19.1 Å². The number of carboxylic acid groups (broad SMARTS) is 1. The Bertz CT molecular complexity index is 568. The zero-order valence-electron chi connectivity index (χ0n) is 14.4. The molecule has 0 bridgehead atoms. The minimum atomic E-state index is -0.798. The maximum absolute atomic E-state index is 12.5. The Hall–Kier alpha value is -2.08. The largest absolute Gasteiger partial charge is 0.497 e. The fraction of sp³-hybridized carbons (Fsp3) is 0.556. The van der Waals surface area contributed by atoms with Crippen LogP contribution in [0.1, 0.15) is 25.3 Å². The summed E-state index contributed by atoms with van der Waals surface area (Å²) in [5.74, 6) is 0.0719. The molecule has 1 amide bonds. The highest BCUT2D eigenvalue weighted by atomic mass is 16.5. The van der Waals surface area contributed by atoms with Crippen molar-refractivity contribution < 1.29 is 19.4 Å². The van der Waals surface area contributed by atoms with Crippen LogP contribution in [0.15, 0.2) is 24.3 Å². The standard InChI is InChI=1S/C18H26N2O4/c1-3-19(13-18(22)23)15-7-9-20(10-8-15)17(21)12-14-5-4-6-16(11-14)24-2/h4-6,11,15H,3,7-10,12-13H2,1-2H3,(H,22,23). The lowest BCUT2D eigenvalue weighted by Crippen LogP contribution is -2.48. The third kappa shape index (κ3) is 4.96. The monoisotopic (exact) mass is 334 g/mol. The van der Waals surface area contributed by atoms with Gasteiger partial charge in [-0.05, 0) is 37.1 Å². The van der Waals surface area contributed by atoms with E-state index >= 15 is 0 Å². The number of aliphatic carboxylic acids is 1. The van der Waals surface area contributed by atoms with Crippen molar-refractivity contribution in [2.75, 3.05) is 33.3 Å². The summed E-state index contributed by atoms with van der Waals surface area (Å²) in [6.45, 7) is 4.13. The summed E-state index contributed by atoms with van der Waals surface area (Å²) in [5.41, 5.74) is 0.947. The fourth-order valence-electron chi connectivity index (χ4n) is 3.22. The number of ether oxygens (including phenoxy) is 1. The van der Waals surface area contributed by atoms with E-state index in [1.54, 1.807) is 7.11 Å². The molecule has 24 heavy (non-hydrogen) atoms. The van der Waals surface area contributed by atoms with Crippen LogP contribution in [0, 0.1) is 0 Å². The van der Waals surface area contributed by atoms with Crippen molar-refractivity contribution in [1.82, 2.24) is 9.80 Å². The van der Waals surface area contributed by atoms with E-state index in [9.17, 15) is 9.59 Å². The van der Waals surface area contributed by atoms with E-state index in [4.69, 9.17) is 9.84 Å². The highest BCUT2D eigenvalue weighted by Crippen LogP contribution is 2.18. The maximum Gasteiger partial charge on any atom is 0.317 e. The minimum absolute atomic E-state index is 0.0684. The molecule has 0 spiro atoms. The number of amides is 1. The van der Waals surface area contributed by atoms with Crippen molar-refractivity contribution in [2.24, 2.45) is 0 Å². The number of likely N-dealkylation sites (N-methyl/N-ethyl adjacent to an activating group) is 1. The van der Waals surface area contributed by atoms with E-state index in [1.807, 2.05) is 41.0 Å². The van der Waals surface area contributed by atoms with Gasteiger partial charge in [-0.3, -0.25) is 14.5 Å². The smallest absolute Gasteiger partial charge is 0.317 e. The Morgan fingerprint density at radius 3 is 2.62 bits per heavy atom. The number of nitrogens with zero attached hydrogens (tertiary/aromatic N) is 2. The van der Waals surface area contributed by atoms with Crippen molar-refractivity contribution in [3.05, 3.63) is 29.8 Å². The molecule has 1 aliphatic heterocycles. The number of piperidine rings is 1. The number of carboxylic acids is 1. The molecule has 0 atom stereocenters. The van der Waals surface area contributed by atoms with Gasteiger partial charge in [0.05, 0.1) is 20.1 Å². The van der Waals surface area contributed by atoms with E-state index < -0.39 is 5.97 Å². The second-order valence-electron chi connectivity index (χ2n) is 6.10.